The molecule has 0 N–H and O–H groups in total. The summed E-state index contributed by atoms with van der Waals surface area (Å²) in [4.78, 5) is 14.3. The van der Waals surface area contributed by atoms with E-state index in [0.29, 0.717) is 11.4 Å². The van der Waals surface area contributed by atoms with E-state index in [1.807, 2.05) is 29.2 Å². The topological polar surface area (TPSA) is 38.8 Å². The molecule has 2 aliphatic heterocycles. The second-order valence-electron chi connectivity index (χ2n) is 6.35. The Morgan fingerprint density at radius 1 is 1.26 bits per heavy atom. The van der Waals surface area contributed by atoms with Gasteiger partial charge in [-0.25, -0.2) is 0 Å². The first-order valence-corrected chi connectivity index (χ1v) is 8.90. The molecule has 0 bridgehead atoms. The number of carbonyl (C=O) groups is 1. The molecule has 0 aliphatic carbocycles. The van der Waals surface area contributed by atoms with E-state index >= 15 is 0 Å². The molecule has 2 saturated heterocycles. The van der Waals surface area contributed by atoms with Crippen molar-refractivity contribution in [1.29, 1.82) is 0 Å². The Labute approximate surface area is 142 Å². The van der Waals surface area contributed by atoms with Crippen LogP contribution >= 0.6 is 11.6 Å². The number of likely N-dealkylation sites (tertiary alicyclic amines) is 1. The fourth-order valence-corrected chi connectivity index (χ4v) is 3.43. The van der Waals surface area contributed by atoms with Crippen molar-refractivity contribution in [2.75, 3.05) is 19.7 Å². The van der Waals surface area contributed by atoms with Gasteiger partial charge in [-0.3, -0.25) is 4.79 Å². The van der Waals surface area contributed by atoms with Gasteiger partial charge in [-0.15, -0.1) is 0 Å². The molecule has 0 spiro atoms. The molecule has 1 unspecified atom stereocenters. The standard InChI is InChI=1S/C18H24ClNO3/c19-14-4-3-6-17(12-14)23-15-7-9-20(10-8-15)18(21)13-16-5-1-2-11-22-16/h3-4,6,12,15-16H,1-2,5,7-11,13H2. The predicted octanol–water partition coefficient (Wildman–Crippen LogP) is 3.67. The van der Waals surface area contributed by atoms with Crippen LogP contribution in [0, 0.1) is 0 Å². The number of rotatable bonds is 4. The molecule has 2 heterocycles. The molecule has 126 valence electrons. The summed E-state index contributed by atoms with van der Waals surface area (Å²) >= 11 is 5.98. The summed E-state index contributed by atoms with van der Waals surface area (Å²) in [5.41, 5.74) is 0. The molecule has 1 atom stereocenters. The van der Waals surface area contributed by atoms with Crippen molar-refractivity contribution < 1.29 is 14.3 Å². The number of carbonyl (C=O) groups excluding carboxylic acids is 1. The third kappa shape index (κ3) is 4.85. The average molecular weight is 338 g/mol. The van der Waals surface area contributed by atoms with Crippen LogP contribution in [0.4, 0.5) is 0 Å². The molecule has 1 amide bonds. The van der Waals surface area contributed by atoms with E-state index in [-0.39, 0.29) is 18.1 Å². The lowest BCUT2D eigenvalue weighted by Crippen LogP contribution is -2.43. The molecule has 0 saturated carbocycles. The van der Waals surface area contributed by atoms with Crippen LogP contribution in [0.5, 0.6) is 5.75 Å². The van der Waals surface area contributed by atoms with E-state index in [1.165, 1.54) is 6.42 Å². The lowest BCUT2D eigenvalue weighted by atomic mass is 10.0. The minimum Gasteiger partial charge on any atom is -0.490 e. The summed E-state index contributed by atoms with van der Waals surface area (Å²) in [5, 5.41) is 0.683. The fraction of sp³-hybridized carbons (Fsp3) is 0.611. The minimum atomic E-state index is 0.122. The van der Waals surface area contributed by atoms with Crippen molar-refractivity contribution in [3.63, 3.8) is 0 Å². The van der Waals surface area contributed by atoms with Gasteiger partial charge in [0.1, 0.15) is 11.9 Å². The van der Waals surface area contributed by atoms with Crippen molar-refractivity contribution in [2.24, 2.45) is 0 Å². The molecule has 2 aliphatic rings. The molecular weight excluding hydrogens is 314 g/mol. The highest BCUT2D eigenvalue weighted by Crippen LogP contribution is 2.23. The Balaban J connectivity index is 1.43. The molecular formula is C18H24ClNO3. The van der Waals surface area contributed by atoms with Crippen LogP contribution in [-0.2, 0) is 9.53 Å². The molecule has 5 heteroatoms. The highest BCUT2D eigenvalue weighted by molar-refractivity contribution is 6.30. The zero-order chi connectivity index (χ0) is 16.1. The third-order valence-corrected chi connectivity index (χ3v) is 4.80. The van der Waals surface area contributed by atoms with Crippen molar-refractivity contribution in [2.45, 2.75) is 50.7 Å². The van der Waals surface area contributed by atoms with Gasteiger partial charge in [0.2, 0.25) is 5.91 Å². The first-order valence-electron chi connectivity index (χ1n) is 8.52. The van der Waals surface area contributed by atoms with Crippen LogP contribution in [0.3, 0.4) is 0 Å². The maximum absolute atomic E-state index is 12.4. The van der Waals surface area contributed by atoms with Crippen LogP contribution in [0.25, 0.3) is 0 Å². The van der Waals surface area contributed by atoms with Crippen molar-refractivity contribution in [3.8, 4) is 5.75 Å². The highest BCUT2D eigenvalue weighted by Gasteiger charge is 2.26. The largest absolute Gasteiger partial charge is 0.490 e. The van der Waals surface area contributed by atoms with E-state index in [4.69, 9.17) is 21.1 Å². The van der Waals surface area contributed by atoms with E-state index in [9.17, 15) is 4.79 Å². The Bertz CT molecular complexity index is 523. The smallest absolute Gasteiger partial charge is 0.225 e. The van der Waals surface area contributed by atoms with E-state index in [2.05, 4.69) is 0 Å². The number of benzene rings is 1. The lowest BCUT2D eigenvalue weighted by molar-refractivity contribution is -0.136. The van der Waals surface area contributed by atoms with Gasteiger partial charge in [0.25, 0.3) is 0 Å². The van der Waals surface area contributed by atoms with Crippen LogP contribution < -0.4 is 4.74 Å². The molecule has 0 radical (unpaired) electrons. The average Bonchev–Trinajstić information content (AvgIpc) is 2.56. The van der Waals surface area contributed by atoms with Gasteiger partial charge in [0.15, 0.2) is 0 Å². The molecule has 0 aromatic heterocycles. The van der Waals surface area contributed by atoms with Crippen molar-refractivity contribution >= 4 is 17.5 Å². The first-order chi connectivity index (χ1) is 11.2. The van der Waals surface area contributed by atoms with Crippen LogP contribution in [-0.4, -0.2) is 42.7 Å². The Morgan fingerprint density at radius 2 is 2.09 bits per heavy atom. The SMILES string of the molecule is O=C(CC1CCCCO1)N1CCC(Oc2cccc(Cl)c2)CC1. The summed E-state index contributed by atoms with van der Waals surface area (Å²) in [5.74, 6) is 1.02. The Kier molecular flexibility index (Phi) is 5.79. The summed E-state index contributed by atoms with van der Waals surface area (Å²) in [7, 11) is 0. The van der Waals surface area contributed by atoms with Crippen molar-refractivity contribution in [3.05, 3.63) is 29.3 Å². The molecule has 1 aromatic carbocycles. The number of hydrogen-bond acceptors (Lipinski definition) is 3. The maximum atomic E-state index is 12.4. The van der Waals surface area contributed by atoms with Crippen LogP contribution in [0.2, 0.25) is 5.02 Å². The molecule has 2 fully saturated rings. The zero-order valence-electron chi connectivity index (χ0n) is 13.4. The van der Waals surface area contributed by atoms with E-state index < -0.39 is 0 Å². The summed E-state index contributed by atoms with van der Waals surface area (Å²) < 4.78 is 11.6. The summed E-state index contributed by atoms with van der Waals surface area (Å²) in [6, 6.07) is 7.48. The van der Waals surface area contributed by atoms with Gasteiger partial charge in [-0.05, 0) is 37.5 Å². The molecule has 1 aromatic rings. The van der Waals surface area contributed by atoms with Gasteiger partial charge in [0.05, 0.1) is 12.5 Å². The number of ether oxygens (including phenoxy) is 2. The summed E-state index contributed by atoms with van der Waals surface area (Å²) in [6.07, 6.45) is 5.85. The summed E-state index contributed by atoms with van der Waals surface area (Å²) in [6.45, 7) is 2.32. The molecule has 23 heavy (non-hydrogen) atoms. The molecule has 3 rings (SSSR count). The number of hydrogen-bond donors (Lipinski definition) is 0. The van der Waals surface area contributed by atoms with Crippen LogP contribution in [0.1, 0.15) is 38.5 Å². The van der Waals surface area contributed by atoms with E-state index in [1.54, 1.807) is 0 Å². The monoisotopic (exact) mass is 337 g/mol. The maximum Gasteiger partial charge on any atom is 0.225 e. The van der Waals surface area contributed by atoms with Crippen LogP contribution in [0.15, 0.2) is 24.3 Å². The molecule has 4 nitrogen and oxygen atoms in total. The second-order valence-corrected chi connectivity index (χ2v) is 6.78. The number of piperidine rings is 1. The third-order valence-electron chi connectivity index (χ3n) is 4.57. The number of halogens is 1. The van der Waals surface area contributed by atoms with E-state index in [0.717, 1.165) is 51.1 Å². The van der Waals surface area contributed by atoms with Crippen molar-refractivity contribution in [1.82, 2.24) is 4.90 Å². The quantitative estimate of drug-likeness (QED) is 0.841. The normalized spacial score (nSPS) is 22.8. The Morgan fingerprint density at radius 3 is 2.78 bits per heavy atom. The van der Waals surface area contributed by atoms with Gasteiger partial charge in [0, 0.05) is 37.6 Å². The highest BCUT2D eigenvalue weighted by atomic mass is 35.5. The minimum absolute atomic E-state index is 0.122. The Hall–Kier alpha value is -1.26. The first kappa shape index (κ1) is 16.6. The predicted molar refractivity (Wildman–Crippen MR) is 89.9 cm³/mol. The lowest BCUT2D eigenvalue weighted by Gasteiger charge is -2.33. The van der Waals surface area contributed by atoms with Gasteiger partial charge in [-0.1, -0.05) is 17.7 Å². The zero-order valence-corrected chi connectivity index (χ0v) is 14.1. The fourth-order valence-electron chi connectivity index (χ4n) is 3.25. The van der Waals surface area contributed by atoms with Gasteiger partial charge in [-0.2, -0.15) is 0 Å². The number of nitrogens with zero attached hydrogens (tertiary/aromatic N) is 1. The second kappa shape index (κ2) is 8.02. The number of amides is 1. The van der Waals surface area contributed by atoms with Gasteiger partial charge >= 0.3 is 0 Å². The van der Waals surface area contributed by atoms with Gasteiger partial charge < -0.3 is 14.4 Å².